The molecule has 0 aromatic rings. The third-order valence-corrected chi connectivity index (χ3v) is 1.48. The standard InChI is InChI=1S/C6H14O2.C3H6O2/c1-6(2,3)5(8)4-7;1-2-3(4)5/h5,7-8H,4H2,1-3H3;2H2,1H3,(H,4,5). The van der Waals surface area contributed by atoms with Crippen LogP contribution in [-0.2, 0) is 4.79 Å². The van der Waals surface area contributed by atoms with Crippen LogP contribution >= 0.6 is 0 Å². The normalized spacial score (nSPS) is 12.8. The summed E-state index contributed by atoms with van der Waals surface area (Å²) in [4.78, 5) is 9.37. The quantitative estimate of drug-likeness (QED) is 0.606. The molecule has 0 saturated carbocycles. The van der Waals surface area contributed by atoms with Gasteiger partial charge in [0.1, 0.15) is 0 Å². The van der Waals surface area contributed by atoms with Crippen LogP contribution < -0.4 is 0 Å². The van der Waals surface area contributed by atoms with Crippen LogP contribution in [0.3, 0.4) is 0 Å². The predicted octanol–water partition coefficient (Wildman–Crippen LogP) is 0.867. The SMILES string of the molecule is CC(C)(C)C(O)CO.CCC(=O)O. The molecule has 4 nitrogen and oxygen atoms in total. The number of carboxylic acid groups (broad SMARTS) is 1. The molecule has 0 fully saturated rings. The lowest BCUT2D eigenvalue weighted by molar-refractivity contribution is -0.136. The lowest BCUT2D eigenvalue weighted by Crippen LogP contribution is -2.29. The molecule has 0 aromatic heterocycles. The highest BCUT2D eigenvalue weighted by atomic mass is 16.4. The first kappa shape index (κ1) is 14.9. The van der Waals surface area contributed by atoms with Crippen LogP contribution in [0.1, 0.15) is 34.1 Å². The van der Waals surface area contributed by atoms with Crippen molar-refractivity contribution in [3.63, 3.8) is 0 Å². The van der Waals surface area contributed by atoms with Crippen molar-refractivity contribution in [1.29, 1.82) is 0 Å². The van der Waals surface area contributed by atoms with Gasteiger partial charge in [-0.25, -0.2) is 0 Å². The number of carbonyl (C=O) groups is 1. The van der Waals surface area contributed by atoms with E-state index in [1.807, 2.05) is 20.8 Å². The Morgan fingerprint density at radius 3 is 1.69 bits per heavy atom. The average Bonchev–Trinajstić information content (AvgIpc) is 2.02. The number of rotatable bonds is 2. The number of aliphatic hydroxyl groups excluding tert-OH is 2. The molecular formula is C9H20O4. The van der Waals surface area contributed by atoms with Gasteiger partial charge in [-0.05, 0) is 5.41 Å². The Morgan fingerprint density at radius 2 is 1.69 bits per heavy atom. The fraction of sp³-hybridized carbons (Fsp3) is 0.889. The van der Waals surface area contributed by atoms with E-state index in [-0.39, 0.29) is 18.4 Å². The second-order valence-electron chi connectivity index (χ2n) is 3.81. The highest BCUT2D eigenvalue weighted by Gasteiger charge is 2.20. The van der Waals surface area contributed by atoms with E-state index in [4.69, 9.17) is 15.3 Å². The zero-order valence-corrected chi connectivity index (χ0v) is 8.74. The molecule has 0 bridgehead atoms. The van der Waals surface area contributed by atoms with E-state index in [2.05, 4.69) is 0 Å². The maximum Gasteiger partial charge on any atom is 0.303 e. The van der Waals surface area contributed by atoms with Gasteiger partial charge in [0.2, 0.25) is 0 Å². The van der Waals surface area contributed by atoms with Crippen molar-refractivity contribution in [2.24, 2.45) is 5.41 Å². The topological polar surface area (TPSA) is 77.8 Å². The summed E-state index contributed by atoms with van der Waals surface area (Å²) in [6, 6.07) is 0. The van der Waals surface area contributed by atoms with Crippen LogP contribution in [0.5, 0.6) is 0 Å². The van der Waals surface area contributed by atoms with Crippen LogP contribution in [0.25, 0.3) is 0 Å². The van der Waals surface area contributed by atoms with E-state index in [9.17, 15) is 4.79 Å². The van der Waals surface area contributed by atoms with E-state index < -0.39 is 12.1 Å². The van der Waals surface area contributed by atoms with Crippen molar-refractivity contribution in [3.05, 3.63) is 0 Å². The first-order chi connectivity index (χ1) is 5.75. The highest BCUT2D eigenvalue weighted by Crippen LogP contribution is 2.17. The van der Waals surface area contributed by atoms with Gasteiger partial charge in [0.25, 0.3) is 0 Å². The van der Waals surface area contributed by atoms with Crippen molar-refractivity contribution in [2.45, 2.75) is 40.2 Å². The van der Waals surface area contributed by atoms with Crippen LogP contribution in [0.15, 0.2) is 0 Å². The van der Waals surface area contributed by atoms with Gasteiger partial charge >= 0.3 is 5.97 Å². The number of hydrogen-bond donors (Lipinski definition) is 3. The summed E-state index contributed by atoms with van der Waals surface area (Å²) in [5, 5.41) is 25.1. The van der Waals surface area contributed by atoms with E-state index in [1.54, 1.807) is 6.92 Å². The van der Waals surface area contributed by atoms with E-state index in [1.165, 1.54) is 0 Å². The third kappa shape index (κ3) is 11.4. The van der Waals surface area contributed by atoms with Crippen molar-refractivity contribution in [2.75, 3.05) is 6.61 Å². The largest absolute Gasteiger partial charge is 0.481 e. The fourth-order valence-corrected chi connectivity index (χ4v) is 0.274. The molecule has 0 aliphatic heterocycles. The molecule has 3 N–H and O–H groups in total. The minimum Gasteiger partial charge on any atom is -0.481 e. The predicted molar refractivity (Wildman–Crippen MR) is 50.5 cm³/mol. The first-order valence-electron chi connectivity index (χ1n) is 4.26. The van der Waals surface area contributed by atoms with Crippen LogP contribution in [0.4, 0.5) is 0 Å². The summed E-state index contributed by atoms with van der Waals surface area (Å²) >= 11 is 0. The molecule has 13 heavy (non-hydrogen) atoms. The summed E-state index contributed by atoms with van der Waals surface area (Å²) < 4.78 is 0. The van der Waals surface area contributed by atoms with Gasteiger partial charge in [-0.1, -0.05) is 27.7 Å². The van der Waals surface area contributed by atoms with Crippen molar-refractivity contribution in [3.8, 4) is 0 Å². The van der Waals surface area contributed by atoms with E-state index in [0.29, 0.717) is 0 Å². The van der Waals surface area contributed by atoms with E-state index >= 15 is 0 Å². The zero-order valence-electron chi connectivity index (χ0n) is 8.74. The molecule has 0 heterocycles. The van der Waals surface area contributed by atoms with Crippen LogP contribution in [0.2, 0.25) is 0 Å². The van der Waals surface area contributed by atoms with Gasteiger partial charge < -0.3 is 15.3 Å². The Bertz CT molecular complexity index is 137. The highest BCUT2D eigenvalue weighted by molar-refractivity contribution is 5.66. The average molecular weight is 192 g/mol. The van der Waals surface area contributed by atoms with Gasteiger partial charge in [0.05, 0.1) is 12.7 Å². The van der Waals surface area contributed by atoms with Crippen molar-refractivity contribution in [1.82, 2.24) is 0 Å². The molecule has 1 unspecified atom stereocenters. The maximum atomic E-state index is 9.37. The summed E-state index contributed by atoms with van der Waals surface area (Å²) in [7, 11) is 0. The molecule has 0 spiro atoms. The molecule has 0 aromatic carbocycles. The Kier molecular flexibility index (Phi) is 7.85. The van der Waals surface area contributed by atoms with Crippen molar-refractivity contribution < 1.29 is 20.1 Å². The van der Waals surface area contributed by atoms with Gasteiger partial charge in [-0.2, -0.15) is 0 Å². The van der Waals surface area contributed by atoms with Crippen LogP contribution in [0, 0.1) is 5.41 Å². The molecule has 1 atom stereocenters. The molecule has 0 amide bonds. The minimum atomic E-state index is -0.745. The molecule has 0 rings (SSSR count). The van der Waals surface area contributed by atoms with E-state index in [0.717, 1.165) is 0 Å². The Labute approximate surface area is 79.2 Å². The lowest BCUT2D eigenvalue weighted by Gasteiger charge is -2.23. The summed E-state index contributed by atoms with van der Waals surface area (Å²) in [5.74, 6) is -0.745. The molecule has 0 aliphatic carbocycles. The second-order valence-corrected chi connectivity index (χ2v) is 3.81. The molecular weight excluding hydrogens is 172 g/mol. The molecule has 0 saturated heterocycles. The molecule has 4 heteroatoms. The van der Waals surface area contributed by atoms with Crippen molar-refractivity contribution >= 4 is 5.97 Å². The molecule has 0 aliphatic rings. The Balaban J connectivity index is 0. The fourth-order valence-electron chi connectivity index (χ4n) is 0.274. The van der Waals surface area contributed by atoms with Gasteiger partial charge in [-0.15, -0.1) is 0 Å². The minimum absolute atomic E-state index is 0.149. The summed E-state index contributed by atoms with van der Waals surface area (Å²) in [6.45, 7) is 7.10. The molecule has 0 radical (unpaired) electrons. The smallest absolute Gasteiger partial charge is 0.303 e. The number of aliphatic carboxylic acids is 1. The van der Waals surface area contributed by atoms with Gasteiger partial charge in [0, 0.05) is 6.42 Å². The van der Waals surface area contributed by atoms with Crippen LogP contribution in [-0.4, -0.2) is 34.0 Å². The second kappa shape index (κ2) is 6.86. The Morgan fingerprint density at radius 1 is 1.38 bits per heavy atom. The first-order valence-corrected chi connectivity index (χ1v) is 4.26. The lowest BCUT2D eigenvalue weighted by atomic mass is 9.90. The summed E-state index contributed by atoms with van der Waals surface area (Å²) in [6.07, 6.45) is -0.373. The number of hydrogen-bond acceptors (Lipinski definition) is 3. The van der Waals surface area contributed by atoms with Gasteiger partial charge in [-0.3, -0.25) is 4.79 Å². The zero-order chi connectivity index (χ0) is 11.1. The monoisotopic (exact) mass is 192 g/mol. The molecule has 80 valence electrons. The maximum absolute atomic E-state index is 9.37. The Hall–Kier alpha value is -0.610. The summed E-state index contributed by atoms with van der Waals surface area (Å²) in [5.41, 5.74) is -0.186. The number of carboxylic acids is 1. The third-order valence-electron chi connectivity index (χ3n) is 1.48. The van der Waals surface area contributed by atoms with Gasteiger partial charge in [0.15, 0.2) is 0 Å². The number of aliphatic hydroxyl groups is 2.